The van der Waals surface area contributed by atoms with E-state index in [1.54, 1.807) is 0 Å². The molecule has 1 aliphatic carbocycles. The van der Waals surface area contributed by atoms with Gasteiger partial charge in [0.1, 0.15) is 0 Å². The summed E-state index contributed by atoms with van der Waals surface area (Å²) in [6.07, 6.45) is 10.5. The number of aliphatic imine (C=N–C) groups is 1. The summed E-state index contributed by atoms with van der Waals surface area (Å²) >= 11 is 0. The van der Waals surface area contributed by atoms with E-state index in [4.69, 9.17) is 10.7 Å². The fourth-order valence-corrected chi connectivity index (χ4v) is 3.89. The van der Waals surface area contributed by atoms with Crippen LogP contribution < -0.4 is 5.73 Å². The van der Waals surface area contributed by atoms with Crippen LogP contribution in [-0.4, -0.2) is 54.0 Å². The van der Waals surface area contributed by atoms with Gasteiger partial charge in [-0.2, -0.15) is 0 Å². The molecule has 3 aliphatic rings. The number of hydrogen-bond acceptors (Lipinski definition) is 2. The molecule has 2 heterocycles. The topological polar surface area (TPSA) is 44.9 Å². The Morgan fingerprint density at radius 3 is 2.53 bits per heavy atom. The van der Waals surface area contributed by atoms with Crippen LogP contribution in [0.4, 0.5) is 0 Å². The third-order valence-electron chi connectivity index (χ3n) is 5.02. The molecule has 2 aliphatic heterocycles. The highest BCUT2D eigenvalue weighted by atomic mass is 15.3. The average molecular weight is 264 g/mol. The molecule has 0 spiro atoms. The number of nitrogens with two attached hydrogens (primary N) is 1. The lowest BCUT2D eigenvalue weighted by Gasteiger charge is -2.27. The molecule has 3 rings (SSSR count). The SMILES string of the molecule is NC(=NC1CCCCC1)N1CCCN2CCCC2C1. The van der Waals surface area contributed by atoms with E-state index in [-0.39, 0.29) is 0 Å². The Kier molecular flexibility index (Phi) is 4.26. The Hall–Kier alpha value is -0.770. The normalized spacial score (nSPS) is 31.3. The van der Waals surface area contributed by atoms with Crippen LogP contribution in [0.5, 0.6) is 0 Å². The number of fused-ring (bicyclic) bond motifs is 1. The lowest BCUT2D eigenvalue weighted by molar-refractivity contribution is 0.255. The summed E-state index contributed by atoms with van der Waals surface area (Å²) in [6.45, 7) is 4.73. The molecule has 2 N–H and O–H groups in total. The third kappa shape index (κ3) is 3.22. The first kappa shape index (κ1) is 13.2. The maximum Gasteiger partial charge on any atom is 0.191 e. The molecule has 0 aromatic rings. The molecular weight excluding hydrogens is 236 g/mol. The number of guanidine groups is 1. The molecule has 1 unspecified atom stereocenters. The van der Waals surface area contributed by atoms with Crippen LogP contribution in [0.3, 0.4) is 0 Å². The fraction of sp³-hybridized carbons (Fsp3) is 0.933. The van der Waals surface area contributed by atoms with E-state index >= 15 is 0 Å². The van der Waals surface area contributed by atoms with Gasteiger partial charge in [0.15, 0.2) is 5.96 Å². The van der Waals surface area contributed by atoms with Crippen LogP contribution in [0, 0.1) is 0 Å². The summed E-state index contributed by atoms with van der Waals surface area (Å²) in [6, 6.07) is 1.22. The Morgan fingerprint density at radius 1 is 0.895 bits per heavy atom. The molecule has 3 fully saturated rings. The van der Waals surface area contributed by atoms with Crippen LogP contribution in [0.15, 0.2) is 4.99 Å². The van der Waals surface area contributed by atoms with Gasteiger partial charge in [-0.3, -0.25) is 4.90 Å². The van der Waals surface area contributed by atoms with Crippen molar-refractivity contribution in [2.24, 2.45) is 10.7 Å². The minimum atomic E-state index is 0.497. The smallest absolute Gasteiger partial charge is 0.191 e. The van der Waals surface area contributed by atoms with Crippen molar-refractivity contribution in [1.29, 1.82) is 0 Å². The Labute approximate surface area is 117 Å². The molecule has 0 amide bonds. The first-order valence-electron chi connectivity index (χ1n) is 8.15. The molecule has 1 atom stereocenters. The molecule has 4 heteroatoms. The largest absolute Gasteiger partial charge is 0.370 e. The van der Waals surface area contributed by atoms with Gasteiger partial charge in [-0.05, 0) is 38.6 Å². The molecular formula is C15H28N4. The summed E-state index contributed by atoms with van der Waals surface area (Å²) in [5, 5.41) is 0. The second-order valence-corrected chi connectivity index (χ2v) is 6.41. The summed E-state index contributed by atoms with van der Waals surface area (Å²) < 4.78 is 0. The quantitative estimate of drug-likeness (QED) is 0.580. The standard InChI is InChI=1S/C15H28N4/c16-15(17-13-6-2-1-3-7-13)19-11-5-10-18-9-4-8-14(18)12-19/h13-14H,1-12H2,(H2,16,17). The maximum atomic E-state index is 6.29. The highest BCUT2D eigenvalue weighted by molar-refractivity contribution is 5.78. The van der Waals surface area contributed by atoms with Crippen molar-refractivity contribution in [2.45, 2.75) is 63.5 Å². The van der Waals surface area contributed by atoms with E-state index in [0.29, 0.717) is 6.04 Å². The van der Waals surface area contributed by atoms with Crippen LogP contribution in [0.1, 0.15) is 51.4 Å². The van der Waals surface area contributed by atoms with E-state index in [1.165, 1.54) is 64.5 Å². The van der Waals surface area contributed by atoms with Crippen molar-refractivity contribution in [1.82, 2.24) is 9.80 Å². The minimum Gasteiger partial charge on any atom is -0.370 e. The zero-order valence-corrected chi connectivity index (χ0v) is 12.1. The van der Waals surface area contributed by atoms with E-state index in [9.17, 15) is 0 Å². The van der Waals surface area contributed by atoms with Gasteiger partial charge < -0.3 is 10.6 Å². The van der Waals surface area contributed by atoms with Gasteiger partial charge >= 0.3 is 0 Å². The molecule has 2 saturated heterocycles. The zero-order valence-electron chi connectivity index (χ0n) is 12.1. The molecule has 108 valence electrons. The molecule has 1 saturated carbocycles. The maximum absolute atomic E-state index is 6.29. The fourth-order valence-electron chi connectivity index (χ4n) is 3.89. The highest BCUT2D eigenvalue weighted by Gasteiger charge is 2.29. The lowest BCUT2D eigenvalue weighted by atomic mass is 9.96. The number of hydrogen-bond donors (Lipinski definition) is 1. The zero-order chi connectivity index (χ0) is 13.1. The van der Waals surface area contributed by atoms with Crippen molar-refractivity contribution in [3.8, 4) is 0 Å². The first-order chi connectivity index (χ1) is 9.33. The van der Waals surface area contributed by atoms with Gasteiger partial charge in [0.25, 0.3) is 0 Å². The van der Waals surface area contributed by atoms with Gasteiger partial charge in [-0.15, -0.1) is 0 Å². The van der Waals surface area contributed by atoms with E-state index in [2.05, 4.69) is 9.80 Å². The van der Waals surface area contributed by atoms with Crippen molar-refractivity contribution >= 4 is 5.96 Å². The van der Waals surface area contributed by atoms with Gasteiger partial charge in [0.2, 0.25) is 0 Å². The van der Waals surface area contributed by atoms with Gasteiger partial charge in [-0.25, -0.2) is 4.99 Å². The van der Waals surface area contributed by atoms with E-state index < -0.39 is 0 Å². The summed E-state index contributed by atoms with van der Waals surface area (Å²) in [5.41, 5.74) is 6.29. The van der Waals surface area contributed by atoms with Crippen molar-refractivity contribution < 1.29 is 0 Å². The van der Waals surface area contributed by atoms with Crippen molar-refractivity contribution in [3.63, 3.8) is 0 Å². The summed E-state index contributed by atoms with van der Waals surface area (Å²) in [5.74, 6) is 0.820. The Balaban J connectivity index is 1.61. The molecule has 0 aromatic heterocycles. The lowest BCUT2D eigenvalue weighted by Crippen LogP contribution is -2.43. The van der Waals surface area contributed by atoms with Crippen LogP contribution >= 0.6 is 0 Å². The van der Waals surface area contributed by atoms with Gasteiger partial charge in [0.05, 0.1) is 6.04 Å². The second kappa shape index (κ2) is 6.12. The molecule has 0 aromatic carbocycles. The monoisotopic (exact) mass is 264 g/mol. The number of nitrogens with zero attached hydrogens (tertiary/aromatic N) is 3. The highest BCUT2D eigenvalue weighted by Crippen LogP contribution is 2.23. The summed E-state index contributed by atoms with van der Waals surface area (Å²) in [7, 11) is 0. The van der Waals surface area contributed by atoms with E-state index in [1.807, 2.05) is 0 Å². The van der Waals surface area contributed by atoms with Crippen molar-refractivity contribution in [3.05, 3.63) is 0 Å². The van der Waals surface area contributed by atoms with Crippen LogP contribution in [0.2, 0.25) is 0 Å². The van der Waals surface area contributed by atoms with Crippen LogP contribution in [-0.2, 0) is 0 Å². The van der Waals surface area contributed by atoms with Crippen LogP contribution in [0.25, 0.3) is 0 Å². The Bertz CT molecular complexity index is 322. The average Bonchev–Trinajstić information content (AvgIpc) is 2.77. The second-order valence-electron chi connectivity index (χ2n) is 6.41. The molecule has 19 heavy (non-hydrogen) atoms. The van der Waals surface area contributed by atoms with Gasteiger partial charge in [-0.1, -0.05) is 19.3 Å². The molecule has 0 radical (unpaired) electrons. The number of rotatable bonds is 1. The predicted octanol–water partition coefficient (Wildman–Crippen LogP) is 1.80. The minimum absolute atomic E-state index is 0.497. The van der Waals surface area contributed by atoms with Crippen molar-refractivity contribution in [2.75, 3.05) is 26.2 Å². The first-order valence-corrected chi connectivity index (χ1v) is 8.15. The predicted molar refractivity (Wildman–Crippen MR) is 79.3 cm³/mol. The Morgan fingerprint density at radius 2 is 1.68 bits per heavy atom. The summed E-state index contributed by atoms with van der Waals surface area (Å²) in [4.78, 5) is 9.82. The van der Waals surface area contributed by atoms with Gasteiger partial charge in [0, 0.05) is 25.7 Å². The van der Waals surface area contributed by atoms with E-state index in [0.717, 1.165) is 25.1 Å². The molecule has 4 nitrogen and oxygen atoms in total. The molecule has 0 bridgehead atoms. The third-order valence-corrected chi connectivity index (χ3v) is 5.02.